The quantitative estimate of drug-likeness (QED) is 0.844. The van der Waals surface area contributed by atoms with Crippen molar-refractivity contribution in [2.75, 3.05) is 11.1 Å². The molecule has 0 bridgehead atoms. The third-order valence-corrected chi connectivity index (χ3v) is 3.12. The highest BCUT2D eigenvalue weighted by atomic mass is 19.1. The maximum absolute atomic E-state index is 12.9. The Balaban J connectivity index is 2.01. The molecule has 1 amide bonds. The first kappa shape index (κ1) is 14.8. The highest BCUT2D eigenvalue weighted by Gasteiger charge is 2.07. The fourth-order valence-corrected chi connectivity index (χ4v) is 1.98. The summed E-state index contributed by atoms with van der Waals surface area (Å²) in [7, 11) is 0. The molecule has 0 unspecified atom stereocenters. The minimum Gasteiger partial charge on any atom is -0.397 e. The van der Waals surface area contributed by atoms with Crippen LogP contribution < -0.4 is 16.6 Å². The fraction of sp³-hybridized carbons (Fsp3) is 0.200. The van der Waals surface area contributed by atoms with E-state index in [1.165, 1.54) is 22.8 Å². The van der Waals surface area contributed by atoms with Gasteiger partial charge in [0.05, 0.1) is 11.4 Å². The normalized spacial score (nSPS) is 10.4. The van der Waals surface area contributed by atoms with E-state index in [1.807, 2.05) is 0 Å². The lowest BCUT2D eigenvalue weighted by Gasteiger charge is -2.10. The van der Waals surface area contributed by atoms with E-state index in [9.17, 15) is 14.0 Å². The summed E-state index contributed by atoms with van der Waals surface area (Å²) >= 11 is 0. The Morgan fingerprint density at radius 3 is 2.76 bits per heavy atom. The van der Waals surface area contributed by atoms with Gasteiger partial charge in [0, 0.05) is 24.7 Å². The van der Waals surface area contributed by atoms with E-state index in [-0.39, 0.29) is 30.1 Å². The van der Waals surface area contributed by atoms with Gasteiger partial charge in [-0.15, -0.1) is 0 Å². The predicted octanol–water partition coefficient (Wildman–Crippen LogP) is 1.91. The summed E-state index contributed by atoms with van der Waals surface area (Å²) in [5.74, 6) is -0.750. The number of hydrogen-bond acceptors (Lipinski definition) is 3. The molecule has 2 rings (SSSR count). The molecule has 0 aliphatic rings. The number of amides is 1. The number of halogens is 1. The Kier molecular flexibility index (Phi) is 4.37. The first-order valence-electron chi connectivity index (χ1n) is 6.48. The van der Waals surface area contributed by atoms with Gasteiger partial charge >= 0.3 is 0 Å². The van der Waals surface area contributed by atoms with E-state index in [1.54, 1.807) is 19.1 Å². The van der Waals surface area contributed by atoms with Crippen LogP contribution >= 0.6 is 0 Å². The molecule has 1 heterocycles. The Hall–Kier alpha value is -2.63. The van der Waals surface area contributed by atoms with Crippen molar-refractivity contribution in [1.29, 1.82) is 0 Å². The van der Waals surface area contributed by atoms with E-state index in [0.29, 0.717) is 5.69 Å². The number of aromatic nitrogens is 1. The molecule has 1 aromatic heterocycles. The number of rotatable bonds is 4. The molecule has 3 N–H and O–H groups in total. The second-order valence-corrected chi connectivity index (χ2v) is 4.69. The van der Waals surface area contributed by atoms with E-state index in [2.05, 4.69) is 5.32 Å². The molecule has 0 fully saturated rings. The van der Waals surface area contributed by atoms with Gasteiger partial charge < -0.3 is 15.6 Å². The standard InChI is InChI=1S/C15H16FN3O2/c1-10-3-2-4-15(21)19(10)8-7-14(20)18-13-6-5-11(16)9-12(13)17/h2-6,9H,7-8,17H2,1H3,(H,18,20). The summed E-state index contributed by atoms with van der Waals surface area (Å²) < 4.78 is 14.4. The number of benzene rings is 1. The van der Waals surface area contributed by atoms with E-state index in [0.717, 1.165) is 11.8 Å². The first-order chi connectivity index (χ1) is 9.97. The van der Waals surface area contributed by atoms with Gasteiger partial charge in [-0.3, -0.25) is 9.59 Å². The van der Waals surface area contributed by atoms with E-state index < -0.39 is 5.82 Å². The van der Waals surface area contributed by atoms with Crippen LogP contribution in [0.15, 0.2) is 41.2 Å². The molecular formula is C15H16FN3O2. The SMILES string of the molecule is Cc1cccc(=O)n1CCC(=O)Nc1ccc(F)cc1N. The fourth-order valence-electron chi connectivity index (χ4n) is 1.98. The largest absolute Gasteiger partial charge is 0.397 e. The van der Waals surface area contributed by atoms with Crippen LogP contribution in [0.4, 0.5) is 15.8 Å². The zero-order chi connectivity index (χ0) is 15.4. The predicted molar refractivity (Wildman–Crippen MR) is 79.5 cm³/mol. The van der Waals surface area contributed by atoms with Crippen LogP contribution in [0.5, 0.6) is 0 Å². The Labute approximate surface area is 121 Å². The third-order valence-electron chi connectivity index (χ3n) is 3.12. The van der Waals surface area contributed by atoms with Crippen molar-refractivity contribution < 1.29 is 9.18 Å². The lowest BCUT2D eigenvalue weighted by molar-refractivity contribution is -0.116. The maximum Gasteiger partial charge on any atom is 0.250 e. The zero-order valence-electron chi connectivity index (χ0n) is 11.6. The van der Waals surface area contributed by atoms with E-state index in [4.69, 9.17) is 5.73 Å². The second kappa shape index (κ2) is 6.21. The van der Waals surface area contributed by atoms with Crippen molar-refractivity contribution in [3.05, 3.63) is 58.3 Å². The summed E-state index contributed by atoms with van der Waals surface area (Å²) in [6.45, 7) is 2.08. The van der Waals surface area contributed by atoms with Crippen molar-refractivity contribution in [1.82, 2.24) is 4.57 Å². The molecule has 0 aliphatic carbocycles. The van der Waals surface area contributed by atoms with Gasteiger partial charge in [-0.2, -0.15) is 0 Å². The number of hydrogen-bond donors (Lipinski definition) is 2. The number of carbonyl (C=O) groups excluding carboxylic acids is 1. The number of nitrogens with zero attached hydrogens (tertiary/aromatic N) is 1. The van der Waals surface area contributed by atoms with Gasteiger partial charge in [0.1, 0.15) is 5.82 Å². The Bertz CT molecular complexity index is 725. The van der Waals surface area contributed by atoms with Crippen molar-refractivity contribution in [2.45, 2.75) is 19.9 Å². The van der Waals surface area contributed by atoms with Gasteiger partial charge in [0.25, 0.3) is 5.56 Å². The molecule has 1 aromatic carbocycles. The van der Waals surface area contributed by atoms with Gasteiger partial charge in [-0.1, -0.05) is 6.07 Å². The highest BCUT2D eigenvalue weighted by Crippen LogP contribution is 2.19. The van der Waals surface area contributed by atoms with Crippen LogP contribution in [0.2, 0.25) is 0 Å². The van der Waals surface area contributed by atoms with Crippen molar-refractivity contribution in [2.24, 2.45) is 0 Å². The van der Waals surface area contributed by atoms with Crippen LogP contribution in [0, 0.1) is 12.7 Å². The Morgan fingerprint density at radius 2 is 2.10 bits per heavy atom. The number of anilines is 2. The van der Waals surface area contributed by atoms with Crippen molar-refractivity contribution in [3.63, 3.8) is 0 Å². The number of nitrogens with two attached hydrogens (primary N) is 1. The smallest absolute Gasteiger partial charge is 0.250 e. The Morgan fingerprint density at radius 1 is 1.33 bits per heavy atom. The molecule has 0 radical (unpaired) electrons. The van der Waals surface area contributed by atoms with Gasteiger partial charge in [-0.05, 0) is 31.2 Å². The van der Waals surface area contributed by atoms with Crippen LogP contribution in [0.25, 0.3) is 0 Å². The summed E-state index contributed by atoms with van der Waals surface area (Å²) in [6, 6.07) is 8.69. The van der Waals surface area contributed by atoms with Crippen LogP contribution in [0.1, 0.15) is 12.1 Å². The molecule has 110 valence electrons. The lowest BCUT2D eigenvalue weighted by atomic mass is 10.2. The van der Waals surface area contributed by atoms with Gasteiger partial charge in [-0.25, -0.2) is 4.39 Å². The molecule has 2 aromatic rings. The van der Waals surface area contributed by atoms with Crippen LogP contribution in [-0.2, 0) is 11.3 Å². The van der Waals surface area contributed by atoms with Gasteiger partial charge in [0.15, 0.2) is 0 Å². The molecule has 0 saturated carbocycles. The third kappa shape index (κ3) is 3.68. The van der Waals surface area contributed by atoms with Crippen molar-refractivity contribution in [3.8, 4) is 0 Å². The molecule has 0 aliphatic heterocycles. The number of aryl methyl sites for hydroxylation is 1. The highest BCUT2D eigenvalue weighted by molar-refractivity contribution is 5.93. The number of nitrogens with one attached hydrogen (secondary N) is 1. The lowest BCUT2D eigenvalue weighted by Crippen LogP contribution is -2.24. The first-order valence-corrected chi connectivity index (χ1v) is 6.48. The van der Waals surface area contributed by atoms with Crippen molar-refractivity contribution >= 4 is 17.3 Å². The molecule has 6 heteroatoms. The number of nitrogen functional groups attached to an aromatic ring is 1. The zero-order valence-corrected chi connectivity index (χ0v) is 11.6. The molecular weight excluding hydrogens is 273 g/mol. The average molecular weight is 289 g/mol. The molecule has 0 saturated heterocycles. The summed E-state index contributed by atoms with van der Waals surface area (Å²) in [6.07, 6.45) is 0.127. The van der Waals surface area contributed by atoms with Crippen LogP contribution in [0.3, 0.4) is 0 Å². The second-order valence-electron chi connectivity index (χ2n) is 4.69. The molecule has 5 nitrogen and oxygen atoms in total. The summed E-state index contributed by atoms with van der Waals surface area (Å²) in [5, 5.41) is 2.60. The number of carbonyl (C=O) groups is 1. The minimum absolute atomic E-state index is 0.127. The average Bonchev–Trinajstić information content (AvgIpc) is 2.41. The van der Waals surface area contributed by atoms with E-state index >= 15 is 0 Å². The monoisotopic (exact) mass is 289 g/mol. The maximum atomic E-state index is 12.9. The summed E-state index contributed by atoms with van der Waals surface area (Å²) in [4.78, 5) is 23.5. The molecule has 21 heavy (non-hydrogen) atoms. The van der Waals surface area contributed by atoms with Gasteiger partial charge in [0.2, 0.25) is 5.91 Å². The molecule has 0 atom stereocenters. The number of pyridine rings is 1. The summed E-state index contributed by atoms with van der Waals surface area (Å²) in [5.41, 5.74) is 6.78. The minimum atomic E-state index is -0.461. The van der Waals surface area contributed by atoms with Crippen LogP contribution in [-0.4, -0.2) is 10.5 Å². The molecule has 0 spiro atoms. The topological polar surface area (TPSA) is 77.1 Å².